The van der Waals surface area contributed by atoms with Crippen LogP contribution in [-0.2, 0) is 0 Å². The molecule has 0 amide bonds. The van der Waals surface area contributed by atoms with Crippen LogP contribution in [0.2, 0.25) is 0 Å². The van der Waals surface area contributed by atoms with Gasteiger partial charge in [0.2, 0.25) is 0 Å². The predicted molar refractivity (Wildman–Crippen MR) is 102 cm³/mol. The molecule has 0 heterocycles. The number of rotatable bonds is 3. The highest BCUT2D eigenvalue weighted by atomic mass is 16.7. The van der Waals surface area contributed by atoms with Crippen molar-refractivity contribution in [1.29, 1.82) is 0 Å². The number of carbonyl (C=O) groups is 1. The molecule has 3 heteroatoms. The third kappa shape index (κ3) is 3.42. The van der Waals surface area contributed by atoms with E-state index >= 15 is 0 Å². The molecule has 0 unspecified atom stereocenters. The number of hydrogen-bond acceptors (Lipinski definition) is 3. The van der Waals surface area contributed by atoms with Crippen molar-refractivity contribution in [2.75, 3.05) is 0 Å². The Balaban J connectivity index is 1.48. The van der Waals surface area contributed by atoms with E-state index in [0.29, 0.717) is 11.5 Å². The van der Waals surface area contributed by atoms with Crippen LogP contribution in [0.25, 0.3) is 21.9 Å². The number of benzene rings is 4. The Labute approximate surface area is 151 Å². The minimum absolute atomic E-state index is 0.440. The summed E-state index contributed by atoms with van der Waals surface area (Å²) in [7, 11) is 0. The van der Waals surface area contributed by atoms with E-state index in [2.05, 4.69) is 0 Å². The van der Waals surface area contributed by atoms with Gasteiger partial charge in [0.25, 0.3) is 0 Å². The summed E-state index contributed by atoms with van der Waals surface area (Å²) in [5.41, 5.74) is 2.16. The standard InChI is InChI=1S/C23H16O3/c24-23(26-22-12-6-10-19-9-4-5-11-21(19)22)25-20-15-13-18(14-16-20)17-7-2-1-3-8-17/h1-16H. The Kier molecular flexibility index (Phi) is 4.35. The predicted octanol–water partition coefficient (Wildman–Crippen LogP) is 6.08. The first kappa shape index (κ1) is 15.9. The highest BCUT2D eigenvalue weighted by molar-refractivity contribution is 5.89. The molecule has 26 heavy (non-hydrogen) atoms. The van der Waals surface area contributed by atoms with E-state index in [1.807, 2.05) is 78.9 Å². The van der Waals surface area contributed by atoms with Gasteiger partial charge in [-0.15, -0.1) is 0 Å². The second kappa shape index (κ2) is 7.11. The maximum Gasteiger partial charge on any atom is 0.519 e. The summed E-state index contributed by atoms with van der Waals surface area (Å²) in [5, 5.41) is 1.87. The van der Waals surface area contributed by atoms with Crippen LogP contribution in [-0.4, -0.2) is 6.16 Å². The summed E-state index contributed by atoms with van der Waals surface area (Å²) in [6, 6.07) is 30.6. The highest BCUT2D eigenvalue weighted by Gasteiger charge is 2.10. The van der Waals surface area contributed by atoms with Crippen molar-refractivity contribution >= 4 is 16.9 Å². The number of fused-ring (bicyclic) bond motifs is 1. The Morgan fingerprint density at radius 2 is 1.23 bits per heavy atom. The first-order chi connectivity index (χ1) is 12.8. The zero-order valence-electron chi connectivity index (χ0n) is 14.0. The van der Waals surface area contributed by atoms with Gasteiger partial charge in [-0.25, -0.2) is 4.79 Å². The zero-order valence-corrected chi connectivity index (χ0v) is 14.0. The van der Waals surface area contributed by atoms with Crippen LogP contribution in [0.4, 0.5) is 4.79 Å². The maximum atomic E-state index is 12.1. The lowest BCUT2D eigenvalue weighted by Crippen LogP contribution is -2.13. The molecule has 0 aromatic heterocycles. The second-order valence-electron chi connectivity index (χ2n) is 5.82. The fourth-order valence-corrected chi connectivity index (χ4v) is 2.84. The monoisotopic (exact) mass is 340 g/mol. The first-order valence-electron chi connectivity index (χ1n) is 8.32. The van der Waals surface area contributed by atoms with Crippen LogP contribution in [0.1, 0.15) is 0 Å². The maximum absolute atomic E-state index is 12.1. The van der Waals surface area contributed by atoms with Crippen molar-refractivity contribution in [2.45, 2.75) is 0 Å². The molecule has 0 radical (unpaired) electrons. The van der Waals surface area contributed by atoms with Crippen molar-refractivity contribution < 1.29 is 14.3 Å². The SMILES string of the molecule is O=C(Oc1ccc(-c2ccccc2)cc1)Oc1cccc2ccccc12. The van der Waals surface area contributed by atoms with Gasteiger partial charge >= 0.3 is 6.16 Å². The van der Waals surface area contributed by atoms with Crippen LogP contribution in [0.15, 0.2) is 97.1 Å². The van der Waals surface area contributed by atoms with Crippen LogP contribution in [0.5, 0.6) is 11.5 Å². The minimum atomic E-state index is -0.756. The minimum Gasteiger partial charge on any atom is -0.395 e. The Morgan fingerprint density at radius 3 is 2.04 bits per heavy atom. The van der Waals surface area contributed by atoms with E-state index < -0.39 is 6.16 Å². The van der Waals surface area contributed by atoms with Crippen LogP contribution in [0, 0.1) is 0 Å². The highest BCUT2D eigenvalue weighted by Crippen LogP contribution is 2.26. The lowest BCUT2D eigenvalue weighted by Gasteiger charge is -2.08. The quantitative estimate of drug-likeness (QED) is 0.335. The molecule has 0 spiro atoms. The molecule has 4 aromatic carbocycles. The molecule has 0 atom stereocenters. The fraction of sp³-hybridized carbons (Fsp3) is 0. The van der Waals surface area contributed by atoms with E-state index in [9.17, 15) is 4.79 Å². The van der Waals surface area contributed by atoms with Gasteiger partial charge in [-0.1, -0.05) is 78.9 Å². The number of ether oxygens (including phenoxy) is 2. The van der Waals surface area contributed by atoms with E-state index in [4.69, 9.17) is 9.47 Å². The number of carbonyl (C=O) groups excluding carboxylic acids is 1. The van der Waals surface area contributed by atoms with Gasteiger partial charge in [0.05, 0.1) is 0 Å². The second-order valence-corrected chi connectivity index (χ2v) is 5.82. The summed E-state index contributed by atoms with van der Waals surface area (Å²) in [6.07, 6.45) is -0.756. The fourth-order valence-electron chi connectivity index (χ4n) is 2.84. The molecule has 0 bridgehead atoms. The molecular weight excluding hydrogens is 324 g/mol. The van der Waals surface area contributed by atoms with Gasteiger partial charge in [-0.3, -0.25) is 0 Å². The molecule has 0 N–H and O–H groups in total. The lowest BCUT2D eigenvalue weighted by atomic mass is 10.1. The van der Waals surface area contributed by atoms with Crippen molar-refractivity contribution in [3.05, 3.63) is 97.1 Å². The molecule has 0 saturated carbocycles. The van der Waals surface area contributed by atoms with Crippen LogP contribution < -0.4 is 9.47 Å². The average Bonchev–Trinajstić information content (AvgIpc) is 2.69. The molecular formula is C23H16O3. The van der Waals surface area contributed by atoms with Crippen molar-refractivity contribution in [2.24, 2.45) is 0 Å². The van der Waals surface area contributed by atoms with Gasteiger partial charge in [-0.2, -0.15) is 0 Å². The molecule has 0 aliphatic carbocycles. The molecule has 0 saturated heterocycles. The molecule has 0 aliphatic rings. The molecule has 0 fully saturated rings. The Morgan fingerprint density at radius 1 is 0.577 bits per heavy atom. The molecule has 4 rings (SSSR count). The average molecular weight is 340 g/mol. The summed E-state index contributed by atoms with van der Waals surface area (Å²) >= 11 is 0. The molecule has 0 aliphatic heterocycles. The lowest BCUT2D eigenvalue weighted by molar-refractivity contribution is 0.152. The van der Waals surface area contributed by atoms with Gasteiger partial charge in [0.1, 0.15) is 11.5 Å². The Bertz CT molecular complexity index is 1030. The van der Waals surface area contributed by atoms with E-state index in [1.54, 1.807) is 18.2 Å². The van der Waals surface area contributed by atoms with Crippen molar-refractivity contribution in [1.82, 2.24) is 0 Å². The Hall–Kier alpha value is -3.59. The normalized spacial score (nSPS) is 10.5. The van der Waals surface area contributed by atoms with E-state index in [0.717, 1.165) is 21.9 Å². The first-order valence-corrected chi connectivity index (χ1v) is 8.32. The molecule has 126 valence electrons. The van der Waals surface area contributed by atoms with Crippen LogP contribution in [0.3, 0.4) is 0 Å². The van der Waals surface area contributed by atoms with Gasteiger partial charge in [-0.05, 0) is 34.7 Å². The zero-order chi connectivity index (χ0) is 17.8. The summed E-state index contributed by atoms with van der Waals surface area (Å²) < 4.78 is 10.7. The van der Waals surface area contributed by atoms with Crippen LogP contribution >= 0.6 is 0 Å². The van der Waals surface area contributed by atoms with Gasteiger partial charge in [0, 0.05) is 5.39 Å². The van der Waals surface area contributed by atoms with Gasteiger partial charge < -0.3 is 9.47 Å². The van der Waals surface area contributed by atoms with Crippen molar-refractivity contribution in [3.63, 3.8) is 0 Å². The third-order valence-electron chi connectivity index (χ3n) is 4.11. The summed E-state index contributed by atoms with van der Waals surface area (Å²) in [4.78, 5) is 12.1. The molecule has 3 nitrogen and oxygen atoms in total. The smallest absolute Gasteiger partial charge is 0.395 e. The van der Waals surface area contributed by atoms with Crippen molar-refractivity contribution in [3.8, 4) is 22.6 Å². The largest absolute Gasteiger partial charge is 0.519 e. The molecule has 4 aromatic rings. The number of hydrogen-bond donors (Lipinski definition) is 0. The summed E-state index contributed by atoms with van der Waals surface area (Å²) in [6.45, 7) is 0. The van der Waals surface area contributed by atoms with Gasteiger partial charge in [0.15, 0.2) is 0 Å². The van der Waals surface area contributed by atoms with E-state index in [-0.39, 0.29) is 0 Å². The topological polar surface area (TPSA) is 35.5 Å². The third-order valence-corrected chi connectivity index (χ3v) is 4.11. The van der Waals surface area contributed by atoms with E-state index in [1.165, 1.54) is 0 Å². The summed E-state index contributed by atoms with van der Waals surface area (Å²) in [5.74, 6) is 0.920.